The van der Waals surface area contributed by atoms with E-state index in [1.807, 2.05) is 6.92 Å². The average Bonchev–Trinajstić information content (AvgIpc) is 2.74. The molecule has 2 amide bonds. The predicted molar refractivity (Wildman–Crippen MR) is 110 cm³/mol. The van der Waals surface area contributed by atoms with Crippen LogP contribution in [0.25, 0.3) is 0 Å². The first-order valence-electron chi connectivity index (χ1n) is 8.70. The molecule has 0 radical (unpaired) electrons. The van der Waals surface area contributed by atoms with E-state index >= 15 is 0 Å². The molecule has 0 atom stereocenters. The SMILES string of the molecule is Cc1ccc(NS(=O)(=O)c2cccc(C(=O)NNC(=O)c3ccccc3)c2)cc1. The molecule has 3 aromatic carbocycles. The van der Waals surface area contributed by atoms with Crippen molar-refractivity contribution in [1.82, 2.24) is 10.9 Å². The summed E-state index contributed by atoms with van der Waals surface area (Å²) in [5, 5.41) is 0. The van der Waals surface area contributed by atoms with E-state index in [1.54, 1.807) is 54.6 Å². The van der Waals surface area contributed by atoms with Crippen LogP contribution in [0.15, 0.2) is 83.8 Å². The Morgan fingerprint density at radius 1 is 0.724 bits per heavy atom. The Morgan fingerprint density at radius 3 is 1.97 bits per heavy atom. The number of hydrogen-bond acceptors (Lipinski definition) is 4. The zero-order chi connectivity index (χ0) is 20.9. The van der Waals surface area contributed by atoms with Crippen LogP contribution >= 0.6 is 0 Å². The highest BCUT2D eigenvalue weighted by atomic mass is 32.2. The van der Waals surface area contributed by atoms with Gasteiger partial charge in [0.1, 0.15) is 0 Å². The van der Waals surface area contributed by atoms with Crippen molar-refractivity contribution >= 4 is 27.5 Å². The molecule has 0 unspecified atom stereocenters. The molecule has 7 nitrogen and oxygen atoms in total. The molecule has 148 valence electrons. The maximum absolute atomic E-state index is 12.6. The van der Waals surface area contributed by atoms with Crippen LogP contribution in [-0.2, 0) is 10.0 Å². The van der Waals surface area contributed by atoms with E-state index in [0.717, 1.165) is 5.56 Å². The van der Waals surface area contributed by atoms with Crippen molar-refractivity contribution in [2.45, 2.75) is 11.8 Å². The molecular weight excluding hydrogens is 390 g/mol. The van der Waals surface area contributed by atoms with Gasteiger partial charge in [0.2, 0.25) is 0 Å². The van der Waals surface area contributed by atoms with Gasteiger partial charge in [-0.25, -0.2) is 8.42 Å². The molecule has 0 bridgehead atoms. The topological polar surface area (TPSA) is 104 Å². The number of hydrogen-bond donors (Lipinski definition) is 3. The number of hydrazine groups is 1. The fourth-order valence-corrected chi connectivity index (χ4v) is 3.59. The first kappa shape index (κ1) is 20.1. The summed E-state index contributed by atoms with van der Waals surface area (Å²) in [5.41, 5.74) is 6.47. The monoisotopic (exact) mass is 409 g/mol. The number of nitrogens with one attached hydrogen (secondary N) is 3. The Morgan fingerprint density at radius 2 is 1.31 bits per heavy atom. The van der Waals surface area contributed by atoms with Crippen molar-refractivity contribution in [3.8, 4) is 0 Å². The molecule has 0 fully saturated rings. The molecule has 0 aromatic heterocycles. The number of carbonyl (C=O) groups is 2. The van der Waals surface area contributed by atoms with Crippen molar-refractivity contribution in [2.75, 3.05) is 4.72 Å². The molecule has 3 rings (SSSR count). The molecule has 0 aliphatic carbocycles. The lowest BCUT2D eigenvalue weighted by molar-refractivity contribution is 0.0846. The van der Waals surface area contributed by atoms with Crippen molar-refractivity contribution in [2.24, 2.45) is 0 Å². The van der Waals surface area contributed by atoms with Crippen LogP contribution in [0.3, 0.4) is 0 Å². The molecule has 0 aliphatic rings. The number of amides is 2. The van der Waals surface area contributed by atoms with E-state index in [0.29, 0.717) is 11.3 Å². The third-order valence-corrected chi connectivity index (χ3v) is 5.41. The van der Waals surface area contributed by atoms with E-state index in [-0.39, 0.29) is 10.5 Å². The number of aryl methyl sites for hydroxylation is 1. The van der Waals surface area contributed by atoms with Gasteiger partial charge in [-0.2, -0.15) is 0 Å². The zero-order valence-electron chi connectivity index (χ0n) is 15.5. The summed E-state index contributed by atoms with van der Waals surface area (Å²) in [6, 6.07) is 20.8. The molecule has 8 heteroatoms. The van der Waals surface area contributed by atoms with Crippen molar-refractivity contribution < 1.29 is 18.0 Å². The Kier molecular flexibility index (Phi) is 5.94. The second-order valence-corrected chi connectivity index (χ2v) is 7.96. The molecule has 3 aromatic rings. The zero-order valence-corrected chi connectivity index (χ0v) is 16.4. The Balaban J connectivity index is 1.70. The van der Waals surface area contributed by atoms with Crippen LogP contribution in [0, 0.1) is 6.92 Å². The van der Waals surface area contributed by atoms with Gasteiger partial charge in [-0.3, -0.25) is 25.2 Å². The summed E-state index contributed by atoms with van der Waals surface area (Å²) in [6.45, 7) is 1.90. The summed E-state index contributed by atoms with van der Waals surface area (Å²) in [6.07, 6.45) is 0. The van der Waals surface area contributed by atoms with Crippen molar-refractivity contribution in [3.63, 3.8) is 0 Å². The normalized spacial score (nSPS) is 10.8. The molecular formula is C21H19N3O4S. The summed E-state index contributed by atoms with van der Waals surface area (Å²) in [5.74, 6) is -1.12. The van der Waals surface area contributed by atoms with Gasteiger partial charge >= 0.3 is 0 Å². The standard InChI is InChI=1S/C21H19N3O4S/c1-15-10-12-18(13-11-15)24-29(27,28)19-9-5-8-17(14-19)21(26)23-22-20(25)16-6-3-2-4-7-16/h2-14,24H,1H3,(H,22,25)(H,23,26). The fraction of sp³-hybridized carbons (Fsp3) is 0.0476. The lowest BCUT2D eigenvalue weighted by Gasteiger charge is -2.10. The minimum atomic E-state index is -3.87. The summed E-state index contributed by atoms with van der Waals surface area (Å²) < 4.78 is 27.7. The molecule has 0 aliphatic heterocycles. The van der Waals surface area contributed by atoms with Crippen LogP contribution in [0.5, 0.6) is 0 Å². The van der Waals surface area contributed by atoms with Crippen molar-refractivity contribution in [3.05, 3.63) is 95.6 Å². The van der Waals surface area contributed by atoms with E-state index < -0.39 is 21.8 Å². The molecule has 3 N–H and O–H groups in total. The van der Waals surface area contributed by atoms with Gasteiger partial charge in [-0.15, -0.1) is 0 Å². The Labute approximate surface area is 168 Å². The minimum absolute atomic E-state index is 0.0693. The summed E-state index contributed by atoms with van der Waals surface area (Å²) in [4.78, 5) is 24.2. The maximum Gasteiger partial charge on any atom is 0.269 e. The van der Waals surface area contributed by atoms with Gasteiger partial charge in [-0.05, 0) is 49.4 Å². The van der Waals surface area contributed by atoms with E-state index in [9.17, 15) is 18.0 Å². The highest BCUT2D eigenvalue weighted by Gasteiger charge is 2.17. The van der Waals surface area contributed by atoms with Crippen LogP contribution in [0.4, 0.5) is 5.69 Å². The quantitative estimate of drug-likeness (QED) is 0.564. The minimum Gasteiger partial charge on any atom is -0.280 e. The molecule has 29 heavy (non-hydrogen) atoms. The van der Waals surface area contributed by atoms with Crippen LogP contribution in [-0.4, -0.2) is 20.2 Å². The maximum atomic E-state index is 12.6. The smallest absolute Gasteiger partial charge is 0.269 e. The van der Waals surface area contributed by atoms with Gasteiger partial charge in [0, 0.05) is 16.8 Å². The summed E-state index contributed by atoms with van der Waals surface area (Å²) >= 11 is 0. The Bertz CT molecular complexity index is 1130. The third-order valence-electron chi connectivity index (χ3n) is 4.04. The molecule has 0 saturated carbocycles. The van der Waals surface area contributed by atoms with Gasteiger partial charge in [0.05, 0.1) is 4.90 Å². The van der Waals surface area contributed by atoms with Gasteiger partial charge < -0.3 is 0 Å². The van der Waals surface area contributed by atoms with E-state index in [4.69, 9.17) is 0 Å². The first-order valence-corrected chi connectivity index (χ1v) is 10.2. The fourth-order valence-electron chi connectivity index (χ4n) is 2.49. The van der Waals surface area contributed by atoms with Crippen LogP contribution in [0.1, 0.15) is 26.3 Å². The Hall–Kier alpha value is -3.65. The van der Waals surface area contributed by atoms with Crippen LogP contribution < -0.4 is 15.6 Å². The second-order valence-electron chi connectivity index (χ2n) is 6.27. The van der Waals surface area contributed by atoms with Gasteiger partial charge in [0.25, 0.3) is 21.8 Å². The molecule has 0 saturated heterocycles. The van der Waals surface area contributed by atoms with Gasteiger partial charge in [-0.1, -0.05) is 42.0 Å². The average molecular weight is 409 g/mol. The highest BCUT2D eigenvalue weighted by Crippen LogP contribution is 2.17. The number of carbonyl (C=O) groups excluding carboxylic acids is 2. The third kappa shape index (κ3) is 5.20. The first-order chi connectivity index (χ1) is 13.8. The number of anilines is 1. The van der Waals surface area contributed by atoms with Gasteiger partial charge in [0.15, 0.2) is 0 Å². The number of sulfonamides is 1. The van der Waals surface area contributed by atoms with Crippen molar-refractivity contribution in [1.29, 1.82) is 0 Å². The van der Waals surface area contributed by atoms with E-state index in [1.165, 1.54) is 24.3 Å². The largest absolute Gasteiger partial charge is 0.280 e. The lowest BCUT2D eigenvalue weighted by Crippen LogP contribution is -2.41. The summed E-state index contributed by atoms with van der Waals surface area (Å²) in [7, 11) is -3.87. The molecule has 0 heterocycles. The lowest BCUT2D eigenvalue weighted by atomic mass is 10.2. The predicted octanol–water partition coefficient (Wildman–Crippen LogP) is 2.87. The number of rotatable bonds is 5. The highest BCUT2D eigenvalue weighted by molar-refractivity contribution is 7.92. The van der Waals surface area contributed by atoms with E-state index in [2.05, 4.69) is 15.6 Å². The van der Waals surface area contributed by atoms with Crippen LogP contribution in [0.2, 0.25) is 0 Å². The second kappa shape index (κ2) is 8.57. The number of benzene rings is 3. The molecule has 0 spiro atoms.